The number of hydrogen-bond donors (Lipinski definition) is 1. The van der Waals surface area contributed by atoms with E-state index in [1.54, 1.807) is 26.2 Å². The molecule has 0 aliphatic carbocycles. The van der Waals surface area contributed by atoms with E-state index in [1.165, 1.54) is 30.5 Å². The van der Waals surface area contributed by atoms with E-state index >= 15 is 0 Å². The molecule has 0 bridgehead atoms. The Morgan fingerprint density at radius 3 is 2.71 bits per heavy atom. The first-order chi connectivity index (χ1) is 13.3. The van der Waals surface area contributed by atoms with E-state index in [0.717, 1.165) is 4.57 Å². The van der Waals surface area contributed by atoms with Gasteiger partial charge in [-0.3, -0.25) is 18.7 Å². The third-order valence-corrected chi connectivity index (χ3v) is 5.20. The van der Waals surface area contributed by atoms with Crippen molar-refractivity contribution in [2.75, 3.05) is 18.2 Å². The molecule has 3 aromatic rings. The van der Waals surface area contributed by atoms with Crippen LogP contribution in [-0.2, 0) is 30.2 Å². The maximum atomic E-state index is 12.7. The Balaban J connectivity index is 2.00. The molecule has 0 aliphatic rings. The van der Waals surface area contributed by atoms with Crippen molar-refractivity contribution in [3.8, 4) is 0 Å². The second-order valence-corrected chi connectivity index (χ2v) is 7.10. The van der Waals surface area contributed by atoms with Crippen LogP contribution in [-0.4, -0.2) is 38.0 Å². The summed E-state index contributed by atoms with van der Waals surface area (Å²) in [5.74, 6) is 0.606. The molecule has 28 heavy (non-hydrogen) atoms. The smallest absolute Gasteiger partial charge is 0.332 e. The molecule has 11 heteroatoms. The fraction of sp³-hybridized carbons (Fsp3) is 0.353. The molecule has 1 N–H and O–H groups in total. The highest BCUT2D eigenvalue weighted by Crippen LogP contribution is 2.28. The number of thioether (sulfide) groups is 1. The van der Waals surface area contributed by atoms with E-state index in [9.17, 15) is 14.4 Å². The van der Waals surface area contributed by atoms with Crippen molar-refractivity contribution in [3.63, 3.8) is 0 Å². The highest BCUT2D eigenvalue weighted by atomic mass is 32.2. The monoisotopic (exact) mass is 405 g/mol. The van der Waals surface area contributed by atoms with E-state index in [1.807, 2.05) is 0 Å². The number of aryl methyl sites for hydroxylation is 2. The average molecular weight is 405 g/mol. The van der Waals surface area contributed by atoms with Crippen LogP contribution in [0, 0.1) is 6.92 Å². The first-order valence-electron chi connectivity index (χ1n) is 8.26. The molecule has 3 heterocycles. The van der Waals surface area contributed by atoms with Crippen LogP contribution >= 0.6 is 11.8 Å². The number of hydrogen-bond acceptors (Lipinski definition) is 8. The number of amides is 1. The van der Waals surface area contributed by atoms with Crippen molar-refractivity contribution in [3.05, 3.63) is 44.4 Å². The molecule has 3 rings (SSSR count). The van der Waals surface area contributed by atoms with Gasteiger partial charge in [0.15, 0.2) is 5.82 Å². The lowest BCUT2D eigenvalue weighted by Gasteiger charge is -2.13. The number of nitrogens with zero attached hydrogens (tertiary/aromatic N) is 4. The van der Waals surface area contributed by atoms with Crippen molar-refractivity contribution in [2.24, 2.45) is 14.1 Å². The highest BCUT2D eigenvalue weighted by Gasteiger charge is 2.19. The van der Waals surface area contributed by atoms with Crippen LogP contribution < -0.4 is 16.6 Å². The van der Waals surface area contributed by atoms with Crippen molar-refractivity contribution in [1.29, 1.82) is 0 Å². The van der Waals surface area contributed by atoms with Crippen LogP contribution in [0.5, 0.6) is 0 Å². The van der Waals surface area contributed by atoms with E-state index in [-0.39, 0.29) is 29.3 Å². The lowest BCUT2D eigenvalue weighted by Crippen LogP contribution is -2.37. The predicted molar refractivity (Wildman–Crippen MR) is 104 cm³/mol. The minimum atomic E-state index is -0.474. The Kier molecular flexibility index (Phi) is 5.66. The normalized spacial score (nSPS) is 11.1. The van der Waals surface area contributed by atoms with Crippen LogP contribution in [0.25, 0.3) is 11.0 Å². The van der Waals surface area contributed by atoms with Gasteiger partial charge in [0.25, 0.3) is 5.56 Å². The van der Waals surface area contributed by atoms with Gasteiger partial charge in [-0.2, -0.15) is 0 Å². The topological polar surface area (TPSA) is 121 Å². The molecule has 0 saturated carbocycles. The first kappa shape index (κ1) is 19.8. The number of nitrogens with one attached hydrogen (secondary N) is 1. The van der Waals surface area contributed by atoms with Gasteiger partial charge in [-0.15, -0.1) is 11.8 Å². The minimum absolute atomic E-state index is 0.0216. The van der Waals surface area contributed by atoms with Gasteiger partial charge >= 0.3 is 5.69 Å². The Labute approximate surface area is 163 Å². The van der Waals surface area contributed by atoms with Crippen LogP contribution in [0.15, 0.2) is 31.3 Å². The number of aromatic nitrogens is 4. The average Bonchev–Trinajstić information content (AvgIpc) is 3.08. The molecule has 148 valence electrons. The summed E-state index contributed by atoms with van der Waals surface area (Å²) in [6, 6.07) is 1.60. The Morgan fingerprint density at radius 1 is 1.32 bits per heavy atom. The fourth-order valence-corrected chi connectivity index (χ4v) is 3.67. The van der Waals surface area contributed by atoms with Crippen LogP contribution in [0.3, 0.4) is 0 Å². The number of pyridine rings is 1. The van der Waals surface area contributed by atoms with Crippen LogP contribution in [0.4, 0.5) is 5.82 Å². The third kappa shape index (κ3) is 3.71. The molecule has 3 aromatic heterocycles. The van der Waals surface area contributed by atoms with Gasteiger partial charge in [0.05, 0.1) is 17.7 Å². The maximum Gasteiger partial charge on any atom is 0.332 e. The number of methoxy groups -OCH3 is 1. The van der Waals surface area contributed by atoms with Gasteiger partial charge < -0.3 is 14.6 Å². The molecule has 0 aromatic carbocycles. The number of carbonyl (C=O) groups is 1. The summed E-state index contributed by atoms with van der Waals surface area (Å²) < 4.78 is 12.4. The quantitative estimate of drug-likeness (QED) is 0.598. The fourth-order valence-electron chi connectivity index (χ4n) is 2.71. The standard InChI is InChI=1S/C17H19N5O5S/c1-9-5-11(20-27-9)19-12(23)8-28-14-10(7-26-4)6-18-15-13(14)16(24)22(3)17(25)21(15)2/h5-6H,7-8H2,1-4H3,(H,19,20,23). The minimum Gasteiger partial charge on any atom is -0.380 e. The maximum absolute atomic E-state index is 12.7. The molecule has 0 fully saturated rings. The predicted octanol–water partition coefficient (Wildman–Crippen LogP) is 0.806. The van der Waals surface area contributed by atoms with E-state index in [2.05, 4.69) is 15.5 Å². The lowest BCUT2D eigenvalue weighted by atomic mass is 10.2. The molecule has 0 radical (unpaired) electrons. The summed E-state index contributed by atoms with van der Waals surface area (Å²) in [5.41, 5.74) is -0.0398. The summed E-state index contributed by atoms with van der Waals surface area (Å²) in [4.78, 5) is 42.0. The van der Waals surface area contributed by atoms with Crippen molar-refractivity contribution >= 4 is 34.5 Å². The van der Waals surface area contributed by atoms with Gasteiger partial charge in [-0.1, -0.05) is 5.16 Å². The lowest BCUT2D eigenvalue weighted by molar-refractivity contribution is -0.113. The summed E-state index contributed by atoms with van der Waals surface area (Å²) in [5, 5.41) is 6.62. The summed E-state index contributed by atoms with van der Waals surface area (Å²) in [7, 11) is 4.47. The molecule has 0 saturated heterocycles. The first-order valence-corrected chi connectivity index (χ1v) is 9.24. The number of ether oxygens (including phenoxy) is 1. The van der Waals surface area contributed by atoms with Gasteiger partial charge in [0, 0.05) is 43.9 Å². The van der Waals surface area contributed by atoms with Crippen molar-refractivity contribution in [1.82, 2.24) is 19.3 Å². The number of rotatable bonds is 6. The number of carbonyl (C=O) groups excluding carboxylic acids is 1. The number of anilines is 1. The number of fused-ring (bicyclic) bond motifs is 1. The molecule has 0 atom stereocenters. The second-order valence-electron chi connectivity index (χ2n) is 6.11. The Hall–Kier alpha value is -2.92. The molecule has 0 aliphatic heterocycles. The molecule has 10 nitrogen and oxygen atoms in total. The van der Waals surface area contributed by atoms with Gasteiger partial charge in [0.2, 0.25) is 5.91 Å². The molecule has 0 unspecified atom stereocenters. The summed E-state index contributed by atoms with van der Waals surface area (Å²) in [6.07, 6.45) is 1.55. The highest BCUT2D eigenvalue weighted by molar-refractivity contribution is 8.00. The second kappa shape index (κ2) is 7.98. The zero-order valence-corrected chi connectivity index (χ0v) is 16.6. The Morgan fingerprint density at radius 2 is 2.07 bits per heavy atom. The SMILES string of the molecule is COCc1cnc2c(c1SCC(=O)Nc1cc(C)on1)c(=O)n(C)c(=O)n2C. The van der Waals surface area contributed by atoms with Gasteiger partial charge in [-0.25, -0.2) is 9.78 Å². The van der Waals surface area contributed by atoms with Crippen molar-refractivity contribution in [2.45, 2.75) is 18.4 Å². The molecule has 1 amide bonds. The van der Waals surface area contributed by atoms with Crippen molar-refractivity contribution < 1.29 is 14.1 Å². The summed E-state index contributed by atoms with van der Waals surface area (Å²) >= 11 is 1.17. The largest absolute Gasteiger partial charge is 0.380 e. The van der Waals surface area contributed by atoms with Crippen LogP contribution in [0.2, 0.25) is 0 Å². The van der Waals surface area contributed by atoms with Gasteiger partial charge in [0.1, 0.15) is 11.4 Å². The van der Waals surface area contributed by atoms with Gasteiger partial charge in [-0.05, 0) is 6.92 Å². The third-order valence-electron chi connectivity index (χ3n) is 4.04. The molecular formula is C17H19N5O5S. The molecule has 0 spiro atoms. The van der Waals surface area contributed by atoms with E-state index < -0.39 is 11.2 Å². The zero-order chi connectivity index (χ0) is 20.4. The Bertz CT molecular complexity index is 1160. The van der Waals surface area contributed by atoms with E-state index in [4.69, 9.17) is 9.26 Å². The molecular weight excluding hydrogens is 386 g/mol. The summed E-state index contributed by atoms with van der Waals surface area (Å²) in [6.45, 7) is 1.93. The van der Waals surface area contributed by atoms with E-state index in [0.29, 0.717) is 22.0 Å². The zero-order valence-electron chi connectivity index (χ0n) is 15.8. The van der Waals surface area contributed by atoms with Crippen LogP contribution in [0.1, 0.15) is 11.3 Å².